The topological polar surface area (TPSA) is 66.2 Å². The van der Waals surface area contributed by atoms with Crippen molar-refractivity contribution >= 4 is 17.0 Å². The summed E-state index contributed by atoms with van der Waals surface area (Å²) in [5.41, 5.74) is 7.56. The van der Waals surface area contributed by atoms with E-state index in [1.54, 1.807) is 18.3 Å². The molecule has 5 nitrogen and oxygen atoms in total. The monoisotopic (exact) mass is 477 g/mol. The molecule has 0 saturated carbocycles. The molecule has 1 unspecified atom stereocenters. The van der Waals surface area contributed by atoms with Gasteiger partial charge in [0.2, 0.25) is 0 Å². The van der Waals surface area contributed by atoms with Gasteiger partial charge in [-0.3, -0.25) is 9.78 Å². The Hall–Kier alpha value is -3.75. The molecule has 1 aliphatic heterocycles. The lowest BCUT2D eigenvalue weighted by Crippen LogP contribution is -2.45. The number of nitriles is 1. The van der Waals surface area contributed by atoms with Gasteiger partial charge in [-0.05, 0) is 86.2 Å². The molecule has 2 heterocycles. The lowest BCUT2D eigenvalue weighted by molar-refractivity contribution is -0.00521. The van der Waals surface area contributed by atoms with Crippen LogP contribution in [-0.2, 0) is 11.2 Å². The van der Waals surface area contributed by atoms with Crippen molar-refractivity contribution in [2.75, 3.05) is 18.0 Å². The molecular weight excluding hydrogens is 446 g/mol. The molecule has 0 radical (unpaired) electrons. The number of rotatable bonds is 5. The van der Waals surface area contributed by atoms with Crippen LogP contribution in [0.15, 0.2) is 66.9 Å². The van der Waals surface area contributed by atoms with Gasteiger partial charge in [0.25, 0.3) is 0 Å². The number of hydrogen-bond donors (Lipinski definition) is 0. The number of pyridine rings is 1. The second kappa shape index (κ2) is 10.1. The molecule has 0 bridgehead atoms. The first-order valence-electron chi connectivity index (χ1n) is 12.6. The zero-order valence-corrected chi connectivity index (χ0v) is 21.1. The SMILES string of the molecule is CC1=CC(CCc2ccc(N3C[C@@H](C)O[C@@H](C)C3)cc2)C(=O)c2nccc(-c3ccc(C#N)cc3)c21. The van der Waals surface area contributed by atoms with Crippen molar-refractivity contribution in [2.24, 2.45) is 5.92 Å². The minimum atomic E-state index is -0.179. The number of ketones is 1. The van der Waals surface area contributed by atoms with Crippen LogP contribution in [0.5, 0.6) is 0 Å². The second-order valence-electron chi connectivity index (χ2n) is 9.96. The van der Waals surface area contributed by atoms with Gasteiger partial charge in [0, 0.05) is 36.5 Å². The number of morpholine rings is 1. The lowest BCUT2D eigenvalue weighted by atomic mass is 9.81. The van der Waals surface area contributed by atoms with E-state index < -0.39 is 0 Å². The summed E-state index contributed by atoms with van der Waals surface area (Å²) in [6.45, 7) is 8.11. The van der Waals surface area contributed by atoms with E-state index in [0.29, 0.717) is 11.3 Å². The molecule has 0 amide bonds. The van der Waals surface area contributed by atoms with Crippen molar-refractivity contribution in [1.82, 2.24) is 4.98 Å². The van der Waals surface area contributed by atoms with Gasteiger partial charge in [-0.15, -0.1) is 0 Å². The first-order chi connectivity index (χ1) is 17.4. The normalized spacial score (nSPS) is 21.5. The Labute approximate surface area is 213 Å². The standard InChI is InChI=1S/C31H31N3O2/c1-20-16-26(11-4-23-7-12-27(13-8-23)34-18-21(2)36-22(3)19-34)31(35)30-29(20)28(14-15-33-30)25-9-5-24(17-32)6-10-25/h5-10,12-16,21-22,26H,4,11,18-19H2,1-3H3/t21-,22+,26?. The molecule has 182 valence electrons. The van der Waals surface area contributed by atoms with E-state index in [1.807, 2.05) is 18.2 Å². The summed E-state index contributed by atoms with van der Waals surface area (Å²) in [5.74, 6) is -0.0964. The third kappa shape index (κ3) is 4.82. The van der Waals surface area contributed by atoms with Crippen LogP contribution in [-0.4, -0.2) is 36.1 Å². The minimum absolute atomic E-state index is 0.0824. The number of aromatic nitrogens is 1. The third-order valence-electron chi connectivity index (χ3n) is 7.16. The molecule has 3 aromatic rings. The molecule has 1 aromatic heterocycles. The van der Waals surface area contributed by atoms with E-state index in [2.05, 4.69) is 67.1 Å². The zero-order valence-electron chi connectivity index (χ0n) is 21.1. The van der Waals surface area contributed by atoms with Crippen LogP contribution in [0.4, 0.5) is 5.69 Å². The number of allylic oxidation sites excluding steroid dienone is 2. The number of fused-ring (bicyclic) bond motifs is 1. The van der Waals surface area contributed by atoms with Gasteiger partial charge in [0.1, 0.15) is 5.69 Å². The Balaban J connectivity index is 1.30. The van der Waals surface area contributed by atoms with Crippen LogP contribution in [0.25, 0.3) is 16.7 Å². The second-order valence-corrected chi connectivity index (χ2v) is 9.96. The highest BCUT2D eigenvalue weighted by Crippen LogP contribution is 2.37. The van der Waals surface area contributed by atoms with Crippen LogP contribution in [0.3, 0.4) is 0 Å². The summed E-state index contributed by atoms with van der Waals surface area (Å²) >= 11 is 0. The van der Waals surface area contributed by atoms with Crippen LogP contribution in [0.1, 0.15) is 54.4 Å². The van der Waals surface area contributed by atoms with Gasteiger partial charge >= 0.3 is 0 Å². The Kier molecular flexibility index (Phi) is 6.71. The number of hydrogen-bond acceptors (Lipinski definition) is 5. The fraction of sp³-hybridized carbons (Fsp3) is 0.323. The van der Waals surface area contributed by atoms with Crippen molar-refractivity contribution in [1.29, 1.82) is 5.26 Å². The van der Waals surface area contributed by atoms with E-state index in [4.69, 9.17) is 10.00 Å². The van der Waals surface area contributed by atoms with Gasteiger partial charge in [-0.25, -0.2) is 0 Å². The van der Waals surface area contributed by atoms with Crippen molar-refractivity contribution in [3.63, 3.8) is 0 Å². The Bertz CT molecular complexity index is 1330. The number of aryl methyl sites for hydroxylation is 1. The molecule has 1 aliphatic carbocycles. The number of carbonyl (C=O) groups excluding carboxylic acids is 1. The highest BCUT2D eigenvalue weighted by Gasteiger charge is 2.29. The number of nitrogens with zero attached hydrogens (tertiary/aromatic N) is 3. The Morgan fingerprint density at radius 2 is 1.72 bits per heavy atom. The summed E-state index contributed by atoms with van der Waals surface area (Å²) in [4.78, 5) is 20.3. The predicted octanol–water partition coefficient (Wildman–Crippen LogP) is 6.08. The molecule has 1 saturated heterocycles. The highest BCUT2D eigenvalue weighted by molar-refractivity contribution is 6.07. The average Bonchev–Trinajstić information content (AvgIpc) is 2.89. The van der Waals surface area contributed by atoms with Crippen LogP contribution in [0.2, 0.25) is 0 Å². The van der Waals surface area contributed by atoms with E-state index in [1.165, 1.54) is 11.3 Å². The molecule has 0 N–H and O–H groups in total. The van der Waals surface area contributed by atoms with E-state index in [9.17, 15) is 4.79 Å². The van der Waals surface area contributed by atoms with Crippen LogP contribution < -0.4 is 4.90 Å². The maximum atomic E-state index is 13.4. The number of ether oxygens (including phenoxy) is 1. The summed E-state index contributed by atoms with van der Waals surface area (Å²) in [7, 11) is 0. The van der Waals surface area contributed by atoms with E-state index >= 15 is 0 Å². The van der Waals surface area contributed by atoms with E-state index in [0.717, 1.165) is 48.2 Å². The van der Waals surface area contributed by atoms with Crippen LogP contribution >= 0.6 is 0 Å². The molecular formula is C31H31N3O2. The molecule has 0 spiro atoms. The lowest BCUT2D eigenvalue weighted by Gasteiger charge is -2.36. The smallest absolute Gasteiger partial charge is 0.188 e. The van der Waals surface area contributed by atoms with Gasteiger partial charge < -0.3 is 9.64 Å². The van der Waals surface area contributed by atoms with Crippen LogP contribution in [0, 0.1) is 17.2 Å². The zero-order chi connectivity index (χ0) is 25.2. The van der Waals surface area contributed by atoms with Gasteiger partial charge in [0.05, 0.1) is 23.8 Å². The quantitative estimate of drug-likeness (QED) is 0.445. The summed E-state index contributed by atoms with van der Waals surface area (Å²) in [5, 5.41) is 9.10. The van der Waals surface area contributed by atoms with E-state index in [-0.39, 0.29) is 23.9 Å². The van der Waals surface area contributed by atoms with Gasteiger partial charge in [-0.1, -0.05) is 30.3 Å². The number of Topliss-reactive ketones (excluding diaryl/α,β-unsaturated/α-hetero) is 1. The number of carbonyl (C=O) groups is 1. The Morgan fingerprint density at radius 1 is 1.03 bits per heavy atom. The molecule has 3 atom stereocenters. The third-order valence-corrected chi connectivity index (χ3v) is 7.16. The van der Waals surface area contributed by atoms with Crippen molar-refractivity contribution < 1.29 is 9.53 Å². The number of benzene rings is 2. The maximum Gasteiger partial charge on any atom is 0.188 e. The van der Waals surface area contributed by atoms with Gasteiger partial charge in [-0.2, -0.15) is 5.26 Å². The first-order valence-corrected chi connectivity index (χ1v) is 12.6. The molecule has 2 aromatic carbocycles. The molecule has 5 heteroatoms. The van der Waals surface area contributed by atoms with Gasteiger partial charge in [0.15, 0.2) is 5.78 Å². The van der Waals surface area contributed by atoms with Crippen molar-refractivity contribution in [3.05, 3.63) is 89.3 Å². The molecule has 36 heavy (non-hydrogen) atoms. The number of anilines is 1. The largest absolute Gasteiger partial charge is 0.372 e. The molecule has 2 aliphatic rings. The molecule has 1 fully saturated rings. The average molecular weight is 478 g/mol. The minimum Gasteiger partial charge on any atom is -0.372 e. The maximum absolute atomic E-state index is 13.4. The van der Waals surface area contributed by atoms with Crippen molar-refractivity contribution in [2.45, 2.75) is 45.8 Å². The van der Waals surface area contributed by atoms with Crippen molar-refractivity contribution in [3.8, 4) is 17.2 Å². The summed E-state index contributed by atoms with van der Waals surface area (Å²) in [6.07, 6.45) is 5.87. The first kappa shape index (κ1) is 24.0. The fourth-order valence-electron chi connectivity index (χ4n) is 5.45. The predicted molar refractivity (Wildman–Crippen MR) is 143 cm³/mol. The highest BCUT2D eigenvalue weighted by atomic mass is 16.5. The summed E-state index contributed by atoms with van der Waals surface area (Å²) < 4.78 is 5.86. The Morgan fingerprint density at radius 3 is 2.39 bits per heavy atom. The fourth-order valence-corrected chi connectivity index (χ4v) is 5.45. The molecule has 5 rings (SSSR count). The summed E-state index contributed by atoms with van der Waals surface area (Å²) in [6, 6.07) is 20.3.